The van der Waals surface area contributed by atoms with Gasteiger partial charge in [0.1, 0.15) is 0 Å². The molecule has 0 aromatic carbocycles. The van der Waals surface area contributed by atoms with Crippen molar-refractivity contribution >= 4 is 0 Å². The molecule has 1 fully saturated rings. The highest BCUT2D eigenvalue weighted by Crippen LogP contribution is 2.41. The van der Waals surface area contributed by atoms with Crippen molar-refractivity contribution in [1.82, 2.24) is 15.0 Å². The molecule has 0 amide bonds. The summed E-state index contributed by atoms with van der Waals surface area (Å²) in [4.78, 5) is 0. The van der Waals surface area contributed by atoms with Gasteiger partial charge in [-0.1, -0.05) is 25.0 Å². The molecule has 15 heavy (non-hydrogen) atoms. The van der Waals surface area contributed by atoms with E-state index in [4.69, 9.17) is 0 Å². The minimum atomic E-state index is -0.281. The van der Waals surface area contributed by atoms with Crippen LogP contribution in [-0.2, 0) is 13.5 Å². The van der Waals surface area contributed by atoms with Gasteiger partial charge in [0.05, 0.1) is 11.8 Å². The molecule has 0 aliphatic heterocycles. The maximum Gasteiger partial charge on any atom is 0.0852 e. The normalized spacial score (nSPS) is 21.8. The molecule has 4 nitrogen and oxygen atoms in total. The minimum Gasteiger partial charge on any atom is -0.392 e. The quantitative estimate of drug-likeness (QED) is 0.816. The van der Waals surface area contributed by atoms with E-state index >= 15 is 0 Å². The topological polar surface area (TPSA) is 50.9 Å². The molecule has 1 aliphatic carbocycles. The lowest BCUT2D eigenvalue weighted by atomic mass is 9.81. The Kier molecular flexibility index (Phi) is 2.78. The highest BCUT2D eigenvalue weighted by atomic mass is 16.3. The van der Waals surface area contributed by atoms with Crippen LogP contribution >= 0.6 is 0 Å². The molecule has 0 spiro atoms. The molecule has 4 heteroatoms. The second-order valence-electron chi connectivity index (χ2n) is 4.96. The van der Waals surface area contributed by atoms with E-state index in [2.05, 4.69) is 17.2 Å². The van der Waals surface area contributed by atoms with Gasteiger partial charge in [0.2, 0.25) is 0 Å². The number of nitrogens with zero attached hydrogens (tertiary/aromatic N) is 3. The summed E-state index contributed by atoms with van der Waals surface area (Å²) in [6, 6.07) is 0. The number of hydrogen-bond donors (Lipinski definition) is 1. The monoisotopic (exact) mass is 209 g/mol. The van der Waals surface area contributed by atoms with E-state index in [1.165, 1.54) is 12.8 Å². The first-order valence-electron chi connectivity index (χ1n) is 5.63. The van der Waals surface area contributed by atoms with Crippen molar-refractivity contribution in [3.8, 4) is 0 Å². The summed E-state index contributed by atoms with van der Waals surface area (Å²) in [6.45, 7) is 2.18. The van der Waals surface area contributed by atoms with Crippen molar-refractivity contribution in [1.29, 1.82) is 0 Å². The molecule has 1 heterocycles. The van der Waals surface area contributed by atoms with Crippen LogP contribution in [0, 0.1) is 5.41 Å². The number of aromatic nitrogens is 3. The molecule has 0 bridgehead atoms. The zero-order valence-electron chi connectivity index (χ0n) is 9.48. The van der Waals surface area contributed by atoms with E-state index in [1.54, 1.807) is 4.68 Å². The van der Waals surface area contributed by atoms with E-state index in [-0.39, 0.29) is 11.5 Å². The Morgan fingerprint density at radius 3 is 2.73 bits per heavy atom. The van der Waals surface area contributed by atoms with Gasteiger partial charge in [-0.25, -0.2) is 0 Å². The lowest BCUT2D eigenvalue weighted by molar-refractivity contribution is 0.0416. The maximum absolute atomic E-state index is 10.2. The van der Waals surface area contributed by atoms with Crippen molar-refractivity contribution < 1.29 is 5.11 Å². The summed E-state index contributed by atoms with van der Waals surface area (Å²) in [6.07, 6.45) is 6.98. The molecule has 1 saturated carbocycles. The molecule has 1 aromatic rings. The Balaban J connectivity index is 1.99. The Hall–Kier alpha value is -0.900. The second-order valence-corrected chi connectivity index (χ2v) is 4.96. The Morgan fingerprint density at radius 1 is 1.53 bits per heavy atom. The molecule has 1 atom stereocenters. The van der Waals surface area contributed by atoms with Crippen LogP contribution in [0.15, 0.2) is 6.20 Å². The fourth-order valence-electron chi connectivity index (χ4n) is 2.45. The van der Waals surface area contributed by atoms with Gasteiger partial charge in [-0.05, 0) is 18.3 Å². The average molecular weight is 209 g/mol. The fraction of sp³-hybridized carbons (Fsp3) is 0.818. The Labute approximate surface area is 90.3 Å². The van der Waals surface area contributed by atoms with Gasteiger partial charge in [-0.3, -0.25) is 4.68 Å². The Morgan fingerprint density at radius 2 is 2.20 bits per heavy atom. The van der Waals surface area contributed by atoms with Crippen LogP contribution in [-0.4, -0.2) is 26.2 Å². The lowest BCUT2D eigenvalue weighted by Crippen LogP contribution is -2.31. The van der Waals surface area contributed by atoms with E-state index in [0.717, 1.165) is 18.5 Å². The third-order valence-electron chi connectivity index (χ3n) is 3.60. The maximum atomic E-state index is 10.2. The Bertz CT molecular complexity index is 328. The SMILES string of the molecule is Cn1cc(CC(O)C2(C)CCCC2)nn1. The molecule has 1 aromatic heterocycles. The van der Waals surface area contributed by atoms with Gasteiger partial charge in [0, 0.05) is 19.7 Å². The van der Waals surface area contributed by atoms with Crippen LogP contribution in [0.3, 0.4) is 0 Å². The van der Waals surface area contributed by atoms with E-state index in [9.17, 15) is 5.11 Å². The number of rotatable bonds is 3. The van der Waals surface area contributed by atoms with Crippen molar-refractivity contribution in [3.63, 3.8) is 0 Å². The number of aliphatic hydroxyl groups is 1. The molecule has 1 N–H and O–H groups in total. The first-order chi connectivity index (χ1) is 7.10. The van der Waals surface area contributed by atoms with Gasteiger partial charge in [0.15, 0.2) is 0 Å². The second kappa shape index (κ2) is 3.93. The average Bonchev–Trinajstić information content (AvgIpc) is 2.76. The predicted octanol–water partition coefficient (Wildman–Crippen LogP) is 1.30. The van der Waals surface area contributed by atoms with Crippen LogP contribution < -0.4 is 0 Å². The first-order valence-corrected chi connectivity index (χ1v) is 5.63. The molecular weight excluding hydrogens is 190 g/mol. The van der Waals surface area contributed by atoms with Crippen molar-refractivity contribution in [2.45, 2.75) is 45.1 Å². The van der Waals surface area contributed by atoms with Crippen molar-refractivity contribution in [2.24, 2.45) is 12.5 Å². The van der Waals surface area contributed by atoms with E-state index in [1.807, 2.05) is 13.2 Å². The number of hydrogen-bond acceptors (Lipinski definition) is 3. The summed E-state index contributed by atoms with van der Waals surface area (Å²) in [5.41, 5.74) is 0.982. The molecule has 0 saturated heterocycles. The number of aliphatic hydroxyl groups excluding tert-OH is 1. The lowest BCUT2D eigenvalue weighted by Gasteiger charge is -2.29. The third-order valence-corrected chi connectivity index (χ3v) is 3.60. The predicted molar refractivity (Wildman–Crippen MR) is 57.3 cm³/mol. The van der Waals surface area contributed by atoms with Crippen LogP contribution in [0.25, 0.3) is 0 Å². The van der Waals surface area contributed by atoms with Gasteiger partial charge in [0.25, 0.3) is 0 Å². The standard InChI is InChI=1S/C11H19N3O/c1-11(5-3-4-6-11)10(15)7-9-8-14(2)13-12-9/h8,10,15H,3-7H2,1-2H3. The highest BCUT2D eigenvalue weighted by molar-refractivity contribution is 4.99. The summed E-state index contributed by atoms with van der Waals surface area (Å²) < 4.78 is 1.68. The molecule has 1 unspecified atom stereocenters. The van der Waals surface area contributed by atoms with Crippen LogP contribution in [0.1, 0.15) is 38.3 Å². The summed E-state index contributed by atoms with van der Waals surface area (Å²) in [5.74, 6) is 0. The molecule has 2 rings (SSSR count). The molecular formula is C11H19N3O. The summed E-state index contributed by atoms with van der Waals surface area (Å²) >= 11 is 0. The zero-order chi connectivity index (χ0) is 10.9. The van der Waals surface area contributed by atoms with Gasteiger partial charge in [-0.15, -0.1) is 5.10 Å². The van der Waals surface area contributed by atoms with E-state index in [0.29, 0.717) is 6.42 Å². The third kappa shape index (κ3) is 2.20. The summed E-state index contributed by atoms with van der Waals surface area (Å²) in [7, 11) is 1.85. The highest BCUT2D eigenvalue weighted by Gasteiger charge is 2.36. The van der Waals surface area contributed by atoms with E-state index < -0.39 is 0 Å². The number of aryl methyl sites for hydroxylation is 1. The fourth-order valence-corrected chi connectivity index (χ4v) is 2.45. The zero-order valence-corrected chi connectivity index (χ0v) is 9.48. The minimum absolute atomic E-state index is 0.0948. The van der Waals surface area contributed by atoms with Crippen LogP contribution in [0.2, 0.25) is 0 Å². The van der Waals surface area contributed by atoms with Gasteiger partial charge >= 0.3 is 0 Å². The molecule has 1 aliphatic rings. The smallest absolute Gasteiger partial charge is 0.0852 e. The van der Waals surface area contributed by atoms with Gasteiger partial charge < -0.3 is 5.11 Å². The largest absolute Gasteiger partial charge is 0.392 e. The molecule has 84 valence electrons. The first kappa shape index (κ1) is 10.6. The van der Waals surface area contributed by atoms with Crippen molar-refractivity contribution in [2.75, 3.05) is 0 Å². The van der Waals surface area contributed by atoms with Crippen molar-refractivity contribution in [3.05, 3.63) is 11.9 Å². The molecule has 0 radical (unpaired) electrons. The summed E-state index contributed by atoms with van der Waals surface area (Å²) in [5, 5.41) is 18.1. The van der Waals surface area contributed by atoms with Gasteiger partial charge in [-0.2, -0.15) is 0 Å². The van der Waals surface area contributed by atoms with Crippen LogP contribution in [0.4, 0.5) is 0 Å². The van der Waals surface area contributed by atoms with Crippen LogP contribution in [0.5, 0.6) is 0 Å².